The molecule has 1 aromatic rings. The van der Waals surface area contributed by atoms with Crippen molar-refractivity contribution in [2.75, 3.05) is 53.5 Å². The molecular formula is C21H35FN4O2. The molecule has 0 spiro atoms. The molecule has 1 aromatic carbocycles. The summed E-state index contributed by atoms with van der Waals surface area (Å²) in [5.41, 5.74) is 0. The summed E-state index contributed by atoms with van der Waals surface area (Å²) < 4.78 is 24.7. The second-order valence-corrected chi connectivity index (χ2v) is 7.19. The fraction of sp³-hybridized carbons (Fsp3) is 0.667. The zero-order valence-electron chi connectivity index (χ0n) is 17.4. The minimum absolute atomic E-state index is 0.125. The second kappa shape index (κ2) is 12.6. The molecule has 1 aliphatic rings. The molecule has 0 radical (unpaired) electrons. The quantitative estimate of drug-likeness (QED) is 0.472. The van der Waals surface area contributed by atoms with Gasteiger partial charge >= 0.3 is 0 Å². The molecular weight excluding hydrogens is 359 g/mol. The molecule has 1 atom stereocenters. The Balaban J connectivity index is 1.70. The van der Waals surface area contributed by atoms with E-state index in [0.29, 0.717) is 18.2 Å². The molecule has 1 saturated heterocycles. The molecule has 1 unspecified atom stereocenters. The average Bonchev–Trinajstić information content (AvgIpc) is 2.73. The number of halogens is 1. The van der Waals surface area contributed by atoms with Crippen molar-refractivity contribution in [2.24, 2.45) is 10.9 Å². The van der Waals surface area contributed by atoms with Crippen LogP contribution in [0.15, 0.2) is 29.3 Å². The molecule has 1 aliphatic heterocycles. The molecule has 0 saturated carbocycles. The summed E-state index contributed by atoms with van der Waals surface area (Å²) in [6.07, 6.45) is 3.02. The number of benzene rings is 1. The van der Waals surface area contributed by atoms with E-state index < -0.39 is 0 Å². The van der Waals surface area contributed by atoms with E-state index in [9.17, 15) is 4.39 Å². The van der Waals surface area contributed by atoms with Gasteiger partial charge in [-0.2, -0.15) is 0 Å². The molecule has 158 valence electrons. The maximum absolute atomic E-state index is 13.8. The summed E-state index contributed by atoms with van der Waals surface area (Å²) in [4.78, 5) is 6.75. The first kappa shape index (κ1) is 22.4. The minimum atomic E-state index is -0.333. The van der Waals surface area contributed by atoms with Crippen molar-refractivity contribution < 1.29 is 13.9 Å². The van der Waals surface area contributed by atoms with Crippen molar-refractivity contribution in [2.45, 2.75) is 32.3 Å². The molecule has 0 aliphatic carbocycles. The lowest BCUT2D eigenvalue weighted by atomic mass is 9.97. The third-order valence-corrected chi connectivity index (χ3v) is 5.18. The van der Waals surface area contributed by atoms with E-state index in [1.165, 1.54) is 18.9 Å². The highest BCUT2D eigenvalue weighted by atomic mass is 19.1. The summed E-state index contributed by atoms with van der Waals surface area (Å²) in [6.45, 7) is 7.56. The standard InChI is InChI=1S/C21H35FN4O2/c1-4-18(28-20-8-6-5-7-19(20)22)16-25-21(23-2)24-15-17-9-11-26(12-10-17)13-14-27-3/h5-8,17-18H,4,9-16H2,1-3H3,(H2,23,24,25). The number of piperidine rings is 1. The topological polar surface area (TPSA) is 58.1 Å². The van der Waals surface area contributed by atoms with Crippen molar-refractivity contribution in [3.8, 4) is 5.75 Å². The van der Waals surface area contributed by atoms with Gasteiger partial charge in [-0.3, -0.25) is 4.99 Å². The largest absolute Gasteiger partial charge is 0.486 e. The van der Waals surface area contributed by atoms with Crippen LogP contribution in [0.1, 0.15) is 26.2 Å². The number of aliphatic imine (C=N–C) groups is 1. The number of guanidine groups is 1. The number of ether oxygens (including phenoxy) is 2. The summed E-state index contributed by atoms with van der Waals surface area (Å²) in [5.74, 6) is 1.37. The lowest BCUT2D eigenvalue weighted by molar-refractivity contribution is 0.120. The van der Waals surface area contributed by atoms with Crippen LogP contribution in [-0.2, 0) is 4.74 Å². The van der Waals surface area contributed by atoms with Gasteiger partial charge in [0.25, 0.3) is 0 Å². The predicted molar refractivity (Wildman–Crippen MR) is 112 cm³/mol. The van der Waals surface area contributed by atoms with E-state index in [1.807, 2.05) is 6.92 Å². The predicted octanol–water partition coefficient (Wildman–Crippen LogP) is 2.51. The number of para-hydroxylation sites is 1. The molecule has 1 heterocycles. The maximum atomic E-state index is 13.8. The van der Waals surface area contributed by atoms with Crippen LogP contribution in [0.3, 0.4) is 0 Å². The van der Waals surface area contributed by atoms with Crippen molar-refractivity contribution in [3.05, 3.63) is 30.1 Å². The van der Waals surface area contributed by atoms with Crippen molar-refractivity contribution >= 4 is 5.96 Å². The number of nitrogens with zero attached hydrogens (tertiary/aromatic N) is 2. The Hall–Kier alpha value is -1.86. The third-order valence-electron chi connectivity index (χ3n) is 5.18. The molecule has 6 nitrogen and oxygen atoms in total. The summed E-state index contributed by atoms with van der Waals surface area (Å²) in [5, 5.41) is 6.72. The number of hydrogen-bond donors (Lipinski definition) is 2. The van der Waals surface area contributed by atoms with Crippen molar-refractivity contribution in [1.82, 2.24) is 15.5 Å². The summed E-state index contributed by atoms with van der Waals surface area (Å²) in [6, 6.07) is 6.51. The fourth-order valence-electron chi connectivity index (χ4n) is 3.30. The highest BCUT2D eigenvalue weighted by Crippen LogP contribution is 2.18. The average molecular weight is 395 g/mol. The molecule has 0 aromatic heterocycles. The maximum Gasteiger partial charge on any atom is 0.191 e. The molecule has 2 N–H and O–H groups in total. The van der Waals surface area contributed by atoms with Crippen LogP contribution in [0.4, 0.5) is 4.39 Å². The van der Waals surface area contributed by atoms with Gasteiger partial charge in [0, 0.05) is 27.2 Å². The first-order valence-electron chi connectivity index (χ1n) is 10.2. The Morgan fingerprint density at radius 3 is 2.68 bits per heavy atom. The molecule has 0 bridgehead atoms. The Morgan fingerprint density at radius 2 is 2.04 bits per heavy atom. The molecule has 0 amide bonds. The van der Waals surface area contributed by atoms with Crippen molar-refractivity contribution in [1.29, 1.82) is 0 Å². The molecule has 28 heavy (non-hydrogen) atoms. The lowest BCUT2D eigenvalue weighted by Crippen LogP contribution is -2.45. The van der Waals surface area contributed by atoms with Crippen LogP contribution in [0.25, 0.3) is 0 Å². The van der Waals surface area contributed by atoms with Gasteiger partial charge in [0.1, 0.15) is 6.10 Å². The van der Waals surface area contributed by atoms with Gasteiger partial charge in [0.2, 0.25) is 0 Å². The van der Waals surface area contributed by atoms with Crippen LogP contribution in [0.5, 0.6) is 5.75 Å². The monoisotopic (exact) mass is 394 g/mol. The van der Waals surface area contributed by atoms with Crippen LogP contribution in [-0.4, -0.2) is 70.5 Å². The van der Waals surface area contributed by atoms with Gasteiger partial charge in [-0.05, 0) is 50.4 Å². The summed E-state index contributed by atoms with van der Waals surface area (Å²) >= 11 is 0. The highest BCUT2D eigenvalue weighted by molar-refractivity contribution is 5.79. The fourth-order valence-corrected chi connectivity index (χ4v) is 3.30. The molecule has 2 rings (SSSR count). The zero-order chi connectivity index (χ0) is 20.2. The van der Waals surface area contributed by atoms with E-state index in [4.69, 9.17) is 9.47 Å². The number of likely N-dealkylation sites (tertiary alicyclic amines) is 1. The normalized spacial score (nSPS) is 17.4. The Bertz CT molecular complexity index is 592. The van der Waals surface area contributed by atoms with Crippen molar-refractivity contribution in [3.63, 3.8) is 0 Å². The minimum Gasteiger partial charge on any atom is -0.486 e. The number of hydrogen-bond acceptors (Lipinski definition) is 4. The van der Waals surface area contributed by atoms with Gasteiger partial charge in [-0.1, -0.05) is 19.1 Å². The zero-order valence-corrected chi connectivity index (χ0v) is 17.4. The molecule has 1 fully saturated rings. The summed E-state index contributed by atoms with van der Waals surface area (Å²) in [7, 11) is 3.52. The van der Waals surface area contributed by atoms with E-state index >= 15 is 0 Å². The second-order valence-electron chi connectivity index (χ2n) is 7.19. The number of rotatable bonds is 10. The Labute approximate surface area is 168 Å². The number of nitrogens with one attached hydrogen (secondary N) is 2. The lowest BCUT2D eigenvalue weighted by Gasteiger charge is -2.32. The Kier molecular flexibility index (Phi) is 10.1. The van der Waals surface area contributed by atoms with E-state index in [0.717, 1.165) is 45.2 Å². The van der Waals surface area contributed by atoms with E-state index in [-0.39, 0.29) is 11.9 Å². The van der Waals surface area contributed by atoms with E-state index in [2.05, 4.69) is 20.5 Å². The third kappa shape index (κ3) is 7.64. The van der Waals surface area contributed by atoms with Crippen LogP contribution in [0, 0.1) is 11.7 Å². The van der Waals surface area contributed by atoms with Gasteiger partial charge < -0.3 is 25.0 Å². The first-order chi connectivity index (χ1) is 13.7. The number of methoxy groups -OCH3 is 1. The van der Waals surface area contributed by atoms with Gasteiger partial charge in [-0.15, -0.1) is 0 Å². The van der Waals surface area contributed by atoms with Gasteiger partial charge in [-0.25, -0.2) is 4.39 Å². The Morgan fingerprint density at radius 1 is 1.29 bits per heavy atom. The smallest absolute Gasteiger partial charge is 0.191 e. The SMILES string of the molecule is CCC(CNC(=NC)NCC1CCN(CCOC)CC1)Oc1ccccc1F. The first-order valence-corrected chi connectivity index (χ1v) is 10.2. The van der Waals surface area contributed by atoms with Crippen LogP contribution >= 0.6 is 0 Å². The van der Waals surface area contributed by atoms with E-state index in [1.54, 1.807) is 32.4 Å². The van der Waals surface area contributed by atoms with Crippen LogP contribution < -0.4 is 15.4 Å². The van der Waals surface area contributed by atoms with Gasteiger partial charge in [0.15, 0.2) is 17.5 Å². The molecule has 7 heteroatoms. The highest BCUT2D eigenvalue weighted by Gasteiger charge is 2.19. The van der Waals surface area contributed by atoms with Gasteiger partial charge in [0.05, 0.1) is 13.2 Å². The van der Waals surface area contributed by atoms with Crippen LogP contribution in [0.2, 0.25) is 0 Å².